The van der Waals surface area contributed by atoms with Crippen LogP contribution in [0.2, 0.25) is 0 Å². The summed E-state index contributed by atoms with van der Waals surface area (Å²) in [4.78, 5) is 18.0. The number of likely N-dealkylation sites (N-methyl/N-ethyl adjacent to an activating group) is 1. The van der Waals surface area contributed by atoms with Gasteiger partial charge in [-0.3, -0.25) is 4.79 Å². The molecule has 0 radical (unpaired) electrons. The minimum Gasteiger partial charge on any atom is -0.360 e. The molecule has 0 aromatic heterocycles. The van der Waals surface area contributed by atoms with E-state index in [1.54, 1.807) is 0 Å². The standard InChI is InChI=1S/C26H35N3O2/c1-28-17-19-29(20-18-28)16-15-21-11-13-23(14-12-21)27-26(30)25(22-7-3-2-4-8-22)31-24-9-5-6-10-24/h2-4,7-8,11-14,24-25H,5-6,9-10,15-20H2,1H3,(H,27,30). The number of ether oxygens (including phenoxy) is 1. The van der Waals surface area contributed by atoms with E-state index in [-0.39, 0.29) is 12.0 Å². The van der Waals surface area contributed by atoms with Crippen LogP contribution in [0.4, 0.5) is 5.69 Å². The maximum Gasteiger partial charge on any atom is 0.258 e. The van der Waals surface area contributed by atoms with Gasteiger partial charge in [-0.05, 0) is 49.6 Å². The van der Waals surface area contributed by atoms with Crippen LogP contribution in [0, 0.1) is 0 Å². The second-order valence-corrected chi connectivity index (χ2v) is 8.91. The first-order valence-corrected chi connectivity index (χ1v) is 11.7. The van der Waals surface area contributed by atoms with E-state index in [2.05, 4.69) is 34.3 Å². The lowest BCUT2D eigenvalue weighted by molar-refractivity contribution is -0.131. The third-order valence-electron chi connectivity index (χ3n) is 6.51. The van der Waals surface area contributed by atoms with Crippen LogP contribution in [0.15, 0.2) is 54.6 Å². The maximum absolute atomic E-state index is 13.1. The molecule has 2 aromatic carbocycles. The smallest absolute Gasteiger partial charge is 0.258 e. The number of piperazine rings is 1. The Kier molecular flexibility index (Phi) is 7.73. The van der Waals surface area contributed by atoms with Crippen molar-refractivity contribution in [2.45, 2.75) is 44.3 Å². The number of hydrogen-bond donors (Lipinski definition) is 1. The van der Waals surface area contributed by atoms with E-state index in [4.69, 9.17) is 4.74 Å². The van der Waals surface area contributed by atoms with Crippen LogP contribution in [0.5, 0.6) is 0 Å². The molecule has 1 unspecified atom stereocenters. The first-order valence-electron chi connectivity index (χ1n) is 11.7. The number of benzene rings is 2. The molecule has 5 heteroatoms. The summed E-state index contributed by atoms with van der Waals surface area (Å²) in [7, 11) is 2.19. The minimum absolute atomic E-state index is 0.0942. The van der Waals surface area contributed by atoms with Crippen molar-refractivity contribution in [1.82, 2.24) is 9.80 Å². The molecule has 1 atom stereocenters. The van der Waals surface area contributed by atoms with Crippen LogP contribution in [0.25, 0.3) is 0 Å². The number of nitrogens with zero attached hydrogens (tertiary/aromatic N) is 2. The van der Waals surface area contributed by atoms with E-state index in [1.807, 2.05) is 42.5 Å². The van der Waals surface area contributed by atoms with Crippen molar-refractivity contribution in [3.05, 3.63) is 65.7 Å². The predicted octanol–water partition coefficient (Wildman–Crippen LogP) is 4.12. The number of rotatable bonds is 8. The van der Waals surface area contributed by atoms with E-state index in [9.17, 15) is 4.79 Å². The van der Waals surface area contributed by atoms with Gasteiger partial charge in [0.15, 0.2) is 6.10 Å². The molecule has 0 bridgehead atoms. The quantitative estimate of drug-likeness (QED) is 0.697. The average Bonchev–Trinajstić information content (AvgIpc) is 3.32. The zero-order valence-electron chi connectivity index (χ0n) is 18.6. The van der Waals surface area contributed by atoms with Crippen LogP contribution in [-0.4, -0.2) is 61.6 Å². The van der Waals surface area contributed by atoms with Gasteiger partial charge in [0.1, 0.15) is 0 Å². The molecule has 1 saturated heterocycles. The summed E-state index contributed by atoms with van der Waals surface area (Å²) in [5.41, 5.74) is 3.04. The molecule has 4 rings (SSSR count). The summed E-state index contributed by atoms with van der Waals surface area (Å²) >= 11 is 0. The molecule has 1 saturated carbocycles. The molecule has 1 amide bonds. The second-order valence-electron chi connectivity index (χ2n) is 8.91. The highest BCUT2D eigenvalue weighted by atomic mass is 16.5. The summed E-state index contributed by atoms with van der Waals surface area (Å²) < 4.78 is 6.25. The van der Waals surface area contributed by atoms with E-state index in [0.717, 1.165) is 63.2 Å². The van der Waals surface area contributed by atoms with Crippen LogP contribution in [0.3, 0.4) is 0 Å². The van der Waals surface area contributed by atoms with Gasteiger partial charge in [0, 0.05) is 38.4 Å². The Morgan fingerprint density at radius 2 is 1.68 bits per heavy atom. The number of anilines is 1. The topological polar surface area (TPSA) is 44.8 Å². The Hall–Kier alpha value is -2.21. The van der Waals surface area contributed by atoms with Crippen LogP contribution in [0.1, 0.15) is 42.9 Å². The molecule has 1 aliphatic heterocycles. The molecular formula is C26H35N3O2. The van der Waals surface area contributed by atoms with Gasteiger partial charge in [0.05, 0.1) is 6.10 Å². The molecule has 2 aromatic rings. The molecule has 1 heterocycles. The van der Waals surface area contributed by atoms with Crippen molar-refractivity contribution >= 4 is 11.6 Å². The SMILES string of the molecule is CN1CCN(CCc2ccc(NC(=O)C(OC3CCCC3)c3ccccc3)cc2)CC1. The number of nitrogens with one attached hydrogen (secondary N) is 1. The van der Waals surface area contributed by atoms with Crippen LogP contribution < -0.4 is 5.32 Å². The van der Waals surface area contributed by atoms with Crippen molar-refractivity contribution in [2.24, 2.45) is 0 Å². The van der Waals surface area contributed by atoms with Gasteiger partial charge in [0.2, 0.25) is 0 Å². The van der Waals surface area contributed by atoms with E-state index < -0.39 is 6.10 Å². The third-order valence-corrected chi connectivity index (χ3v) is 6.51. The van der Waals surface area contributed by atoms with Gasteiger partial charge in [-0.15, -0.1) is 0 Å². The molecule has 31 heavy (non-hydrogen) atoms. The van der Waals surface area contributed by atoms with Crippen LogP contribution >= 0.6 is 0 Å². The van der Waals surface area contributed by atoms with Crippen molar-refractivity contribution in [2.75, 3.05) is 45.1 Å². The van der Waals surface area contributed by atoms with E-state index >= 15 is 0 Å². The fourth-order valence-corrected chi connectivity index (χ4v) is 4.46. The normalized spacial score (nSPS) is 19.4. The minimum atomic E-state index is -0.568. The van der Waals surface area contributed by atoms with Crippen LogP contribution in [-0.2, 0) is 16.0 Å². The number of hydrogen-bond acceptors (Lipinski definition) is 4. The maximum atomic E-state index is 13.1. The summed E-state index contributed by atoms with van der Waals surface area (Å²) in [6, 6.07) is 18.1. The molecule has 5 nitrogen and oxygen atoms in total. The molecule has 2 aliphatic rings. The zero-order chi connectivity index (χ0) is 21.5. The van der Waals surface area contributed by atoms with Gasteiger partial charge in [-0.2, -0.15) is 0 Å². The zero-order valence-corrected chi connectivity index (χ0v) is 18.6. The lowest BCUT2D eigenvalue weighted by atomic mass is 10.1. The lowest BCUT2D eigenvalue weighted by Gasteiger charge is -2.32. The summed E-state index contributed by atoms with van der Waals surface area (Å²) in [6.07, 6.45) is 5.09. The predicted molar refractivity (Wildman–Crippen MR) is 125 cm³/mol. The van der Waals surface area contributed by atoms with Gasteiger partial charge in [-0.25, -0.2) is 0 Å². The largest absolute Gasteiger partial charge is 0.360 e. The molecular weight excluding hydrogens is 386 g/mol. The Bertz CT molecular complexity index is 810. The molecule has 1 N–H and O–H groups in total. The van der Waals surface area contributed by atoms with Crippen molar-refractivity contribution < 1.29 is 9.53 Å². The first-order chi connectivity index (χ1) is 15.2. The lowest BCUT2D eigenvalue weighted by Crippen LogP contribution is -2.45. The second kappa shape index (κ2) is 10.9. The molecule has 1 aliphatic carbocycles. The van der Waals surface area contributed by atoms with Gasteiger partial charge in [0.25, 0.3) is 5.91 Å². The first kappa shape index (κ1) is 22.0. The highest BCUT2D eigenvalue weighted by Crippen LogP contribution is 2.29. The van der Waals surface area contributed by atoms with E-state index in [0.29, 0.717) is 0 Å². The Morgan fingerprint density at radius 1 is 1.00 bits per heavy atom. The summed E-state index contributed by atoms with van der Waals surface area (Å²) in [5.74, 6) is -0.0942. The molecule has 166 valence electrons. The Morgan fingerprint density at radius 3 is 2.35 bits per heavy atom. The number of carbonyl (C=O) groups is 1. The monoisotopic (exact) mass is 421 g/mol. The molecule has 0 spiro atoms. The van der Waals surface area contributed by atoms with Gasteiger partial charge < -0.3 is 19.9 Å². The molecule has 2 fully saturated rings. The number of amides is 1. The van der Waals surface area contributed by atoms with Gasteiger partial charge >= 0.3 is 0 Å². The summed E-state index contributed by atoms with van der Waals surface area (Å²) in [5, 5.41) is 3.07. The fraction of sp³-hybridized carbons (Fsp3) is 0.500. The third kappa shape index (κ3) is 6.39. The van der Waals surface area contributed by atoms with Crippen molar-refractivity contribution in [1.29, 1.82) is 0 Å². The van der Waals surface area contributed by atoms with Crippen molar-refractivity contribution in [3.63, 3.8) is 0 Å². The highest BCUT2D eigenvalue weighted by molar-refractivity contribution is 5.94. The fourth-order valence-electron chi connectivity index (χ4n) is 4.46. The Labute approximate surface area is 186 Å². The van der Waals surface area contributed by atoms with Crippen molar-refractivity contribution in [3.8, 4) is 0 Å². The van der Waals surface area contributed by atoms with E-state index in [1.165, 1.54) is 18.4 Å². The number of carbonyl (C=O) groups excluding carboxylic acids is 1. The summed E-state index contributed by atoms with van der Waals surface area (Å²) in [6.45, 7) is 5.68. The Balaban J connectivity index is 1.33. The highest BCUT2D eigenvalue weighted by Gasteiger charge is 2.27. The van der Waals surface area contributed by atoms with Gasteiger partial charge in [-0.1, -0.05) is 55.3 Å². The average molecular weight is 422 g/mol.